The normalized spacial score (nSPS) is 14.2. The summed E-state index contributed by atoms with van der Waals surface area (Å²) in [5.74, 6) is 0.443. The first kappa shape index (κ1) is 20.6. The number of aromatic nitrogens is 1. The molecule has 3 aromatic carbocycles. The summed E-state index contributed by atoms with van der Waals surface area (Å²) in [5.41, 5.74) is 2.03. The fourth-order valence-electron chi connectivity index (χ4n) is 4.45. The molecule has 0 aliphatic heterocycles. The van der Waals surface area contributed by atoms with Gasteiger partial charge in [-0.1, -0.05) is 35.9 Å². The van der Waals surface area contributed by atoms with E-state index in [0.29, 0.717) is 27.2 Å². The van der Waals surface area contributed by atoms with Crippen molar-refractivity contribution in [3.63, 3.8) is 0 Å². The van der Waals surface area contributed by atoms with E-state index in [1.54, 1.807) is 30.3 Å². The van der Waals surface area contributed by atoms with Crippen molar-refractivity contribution in [3.05, 3.63) is 82.0 Å². The molecule has 1 amide bonds. The van der Waals surface area contributed by atoms with Crippen LogP contribution in [0.1, 0.15) is 25.7 Å². The van der Waals surface area contributed by atoms with E-state index in [9.17, 15) is 9.59 Å². The highest BCUT2D eigenvalue weighted by molar-refractivity contribution is 6.32. The molecule has 1 aliphatic rings. The van der Waals surface area contributed by atoms with E-state index in [1.807, 2.05) is 41.0 Å². The Labute approximate surface area is 190 Å². The van der Waals surface area contributed by atoms with E-state index in [1.165, 1.54) is 12.8 Å². The SMILES string of the molecule is O=C(Cn1c2ccccc2c(=O)c2ccccc21)Nc1ccc(OC2CCCC2)c(Cl)c1. The van der Waals surface area contributed by atoms with E-state index in [4.69, 9.17) is 16.3 Å². The van der Waals surface area contributed by atoms with Gasteiger partial charge in [-0.25, -0.2) is 0 Å². The zero-order valence-corrected chi connectivity index (χ0v) is 18.3. The van der Waals surface area contributed by atoms with Gasteiger partial charge in [0.1, 0.15) is 12.3 Å². The Hall–Kier alpha value is -3.31. The molecule has 5 rings (SSSR count). The van der Waals surface area contributed by atoms with Crippen molar-refractivity contribution in [1.29, 1.82) is 0 Å². The number of ether oxygens (including phenoxy) is 1. The van der Waals surface area contributed by atoms with Gasteiger partial charge in [0.2, 0.25) is 5.91 Å². The average Bonchev–Trinajstić information content (AvgIpc) is 3.32. The predicted molar refractivity (Wildman–Crippen MR) is 129 cm³/mol. The van der Waals surface area contributed by atoms with Gasteiger partial charge in [-0.3, -0.25) is 9.59 Å². The van der Waals surface area contributed by atoms with Gasteiger partial charge in [-0.2, -0.15) is 0 Å². The van der Waals surface area contributed by atoms with Gasteiger partial charge in [-0.15, -0.1) is 0 Å². The van der Waals surface area contributed by atoms with Crippen LogP contribution in [0.3, 0.4) is 0 Å². The maximum Gasteiger partial charge on any atom is 0.244 e. The van der Waals surface area contributed by atoms with Gasteiger partial charge in [0.25, 0.3) is 0 Å². The molecule has 0 unspecified atom stereocenters. The number of fused-ring (bicyclic) bond motifs is 2. The van der Waals surface area contributed by atoms with Crippen LogP contribution in [0.4, 0.5) is 5.69 Å². The summed E-state index contributed by atoms with van der Waals surface area (Å²) in [6.45, 7) is 0.0687. The van der Waals surface area contributed by atoms with Crippen LogP contribution in [0.5, 0.6) is 5.75 Å². The maximum atomic E-state index is 12.9. The zero-order chi connectivity index (χ0) is 22.1. The van der Waals surface area contributed by atoms with Gasteiger partial charge in [0.05, 0.1) is 22.2 Å². The van der Waals surface area contributed by atoms with Gasteiger partial charge in [0.15, 0.2) is 5.43 Å². The summed E-state index contributed by atoms with van der Waals surface area (Å²) >= 11 is 6.41. The van der Waals surface area contributed by atoms with E-state index in [-0.39, 0.29) is 24.0 Å². The van der Waals surface area contributed by atoms with Crippen LogP contribution in [-0.2, 0) is 11.3 Å². The summed E-state index contributed by atoms with van der Waals surface area (Å²) in [7, 11) is 0. The van der Waals surface area contributed by atoms with E-state index < -0.39 is 0 Å². The molecule has 1 N–H and O–H groups in total. The Balaban J connectivity index is 1.41. The molecule has 0 saturated heterocycles. The summed E-state index contributed by atoms with van der Waals surface area (Å²) in [4.78, 5) is 25.8. The van der Waals surface area contributed by atoms with Crippen molar-refractivity contribution in [3.8, 4) is 5.75 Å². The summed E-state index contributed by atoms with van der Waals surface area (Å²) in [6.07, 6.45) is 4.69. The molecule has 1 aliphatic carbocycles. The van der Waals surface area contributed by atoms with Crippen LogP contribution < -0.4 is 15.5 Å². The molecular formula is C26H23ClN2O3. The quantitative estimate of drug-likeness (QED) is 0.396. The minimum absolute atomic E-state index is 0.0301. The number of para-hydroxylation sites is 2. The Morgan fingerprint density at radius 2 is 1.59 bits per heavy atom. The zero-order valence-electron chi connectivity index (χ0n) is 17.5. The summed E-state index contributed by atoms with van der Waals surface area (Å²) in [6, 6.07) is 20.0. The molecule has 1 saturated carbocycles. The molecule has 0 atom stereocenters. The van der Waals surface area contributed by atoms with E-state index in [2.05, 4.69) is 5.32 Å². The molecule has 1 aromatic heterocycles. The highest BCUT2D eigenvalue weighted by Gasteiger charge is 2.18. The van der Waals surface area contributed by atoms with Crippen molar-refractivity contribution in [1.82, 2.24) is 4.57 Å². The molecule has 162 valence electrons. The minimum atomic E-state index is -0.204. The number of nitrogens with zero attached hydrogens (tertiary/aromatic N) is 1. The lowest BCUT2D eigenvalue weighted by Crippen LogP contribution is -2.21. The third-order valence-electron chi connectivity index (χ3n) is 5.99. The second-order valence-electron chi connectivity index (χ2n) is 8.17. The molecule has 0 spiro atoms. The van der Waals surface area contributed by atoms with E-state index in [0.717, 1.165) is 23.9 Å². The van der Waals surface area contributed by atoms with Crippen LogP contribution in [0.2, 0.25) is 5.02 Å². The second kappa shape index (κ2) is 8.67. The van der Waals surface area contributed by atoms with E-state index >= 15 is 0 Å². The van der Waals surface area contributed by atoms with Gasteiger partial charge < -0.3 is 14.6 Å². The van der Waals surface area contributed by atoms with Gasteiger partial charge >= 0.3 is 0 Å². The monoisotopic (exact) mass is 446 g/mol. The largest absolute Gasteiger partial charge is 0.489 e. The van der Waals surface area contributed by atoms with Crippen LogP contribution in [-0.4, -0.2) is 16.6 Å². The number of hydrogen-bond donors (Lipinski definition) is 1. The van der Waals surface area contributed by atoms with Crippen molar-refractivity contribution < 1.29 is 9.53 Å². The minimum Gasteiger partial charge on any atom is -0.489 e. The third-order valence-corrected chi connectivity index (χ3v) is 6.29. The molecule has 1 fully saturated rings. The Morgan fingerprint density at radius 1 is 0.969 bits per heavy atom. The van der Waals surface area contributed by atoms with Crippen molar-refractivity contribution in [2.45, 2.75) is 38.3 Å². The number of nitrogens with one attached hydrogen (secondary N) is 1. The number of rotatable bonds is 5. The molecule has 32 heavy (non-hydrogen) atoms. The molecule has 1 heterocycles. The lowest BCUT2D eigenvalue weighted by Gasteiger charge is -2.16. The van der Waals surface area contributed by atoms with Crippen LogP contribution in [0, 0.1) is 0 Å². The fourth-order valence-corrected chi connectivity index (χ4v) is 4.68. The summed E-state index contributed by atoms with van der Waals surface area (Å²) < 4.78 is 7.87. The van der Waals surface area contributed by atoms with Gasteiger partial charge in [-0.05, 0) is 68.1 Å². The number of amides is 1. The van der Waals surface area contributed by atoms with Crippen LogP contribution >= 0.6 is 11.6 Å². The molecule has 0 radical (unpaired) electrons. The number of carbonyl (C=O) groups excluding carboxylic acids is 1. The Morgan fingerprint density at radius 3 is 2.22 bits per heavy atom. The number of carbonyl (C=O) groups is 1. The molecular weight excluding hydrogens is 424 g/mol. The lowest BCUT2D eigenvalue weighted by atomic mass is 10.1. The van der Waals surface area contributed by atoms with Crippen LogP contribution in [0.15, 0.2) is 71.5 Å². The van der Waals surface area contributed by atoms with Crippen molar-refractivity contribution in [2.24, 2.45) is 0 Å². The highest BCUT2D eigenvalue weighted by Crippen LogP contribution is 2.32. The first-order valence-corrected chi connectivity index (χ1v) is 11.2. The fraction of sp³-hybridized carbons (Fsp3) is 0.231. The number of benzene rings is 3. The smallest absolute Gasteiger partial charge is 0.244 e. The molecule has 0 bridgehead atoms. The summed E-state index contributed by atoms with van der Waals surface area (Å²) in [5, 5.41) is 4.58. The standard InChI is InChI=1S/C26H23ClN2O3/c27-21-15-17(13-14-24(21)32-18-7-1-2-8-18)28-25(30)16-29-22-11-5-3-9-19(22)26(31)20-10-4-6-12-23(20)29/h3-6,9-15,18H,1-2,7-8,16H2,(H,28,30). The topological polar surface area (TPSA) is 60.3 Å². The van der Waals surface area contributed by atoms with Gasteiger partial charge in [0, 0.05) is 16.5 Å². The first-order chi connectivity index (χ1) is 15.6. The first-order valence-electron chi connectivity index (χ1n) is 10.9. The van der Waals surface area contributed by atoms with Crippen molar-refractivity contribution in [2.75, 3.05) is 5.32 Å². The molecule has 6 heteroatoms. The maximum absolute atomic E-state index is 12.9. The third kappa shape index (κ3) is 3.96. The highest BCUT2D eigenvalue weighted by atomic mass is 35.5. The molecule has 4 aromatic rings. The van der Waals surface area contributed by atoms with Crippen LogP contribution in [0.25, 0.3) is 21.8 Å². The molecule has 5 nitrogen and oxygen atoms in total. The second-order valence-corrected chi connectivity index (χ2v) is 8.57. The Bertz CT molecular complexity index is 1310. The number of halogens is 1. The number of hydrogen-bond acceptors (Lipinski definition) is 3. The average molecular weight is 447 g/mol. The van der Waals surface area contributed by atoms with Crippen molar-refractivity contribution >= 4 is 45.0 Å². The number of anilines is 1. The Kier molecular flexibility index (Phi) is 5.58. The predicted octanol–water partition coefficient (Wildman–Crippen LogP) is 5.77. The number of pyridine rings is 1. The lowest BCUT2D eigenvalue weighted by molar-refractivity contribution is -0.116.